The predicted octanol–water partition coefficient (Wildman–Crippen LogP) is 4.54. The van der Waals surface area contributed by atoms with Crippen molar-refractivity contribution in [2.24, 2.45) is 15.0 Å². The van der Waals surface area contributed by atoms with E-state index in [2.05, 4.69) is 48.1 Å². The van der Waals surface area contributed by atoms with Crippen LogP contribution >= 0.6 is 0 Å². The van der Waals surface area contributed by atoms with Crippen LogP contribution in [0.1, 0.15) is 12.5 Å². The van der Waals surface area contributed by atoms with Crippen molar-refractivity contribution in [1.29, 1.82) is 0 Å². The molecule has 0 atom stereocenters. The summed E-state index contributed by atoms with van der Waals surface area (Å²) < 4.78 is 0. The van der Waals surface area contributed by atoms with Crippen LogP contribution in [-0.4, -0.2) is 26.3 Å². The van der Waals surface area contributed by atoms with Crippen LogP contribution in [0.15, 0.2) is 82.8 Å². The van der Waals surface area contributed by atoms with Crippen LogP contribution in [0, 0.1) is 0 Å². The van der Waals surface area contributed by atoms with Crippen molar-refractivity contribution in [3.05, 3.63) is 73.4 Å². The molecule has 0 saturated carbocycles. The SMILES string of the molecule is C=C.C=C/C(=C\C)C(N=C)=NCc1ccccc1.C=NC. The zero-order valence-electron chi connectivity index (χ0n) is 13.1. The highest BCUT2D eigenvalue weighted by molar-refractivity contribution is 6.03. The van der Waals surface area contributed by atoms with Crippen molar-refractivity contribution in [1.82, 2.24) is 0 Å². The maximum absolute atomic E-state index is 4.40. The molecule has 0 spiro atoms. The van der Waals surface area contributed by atoms with Crippen LogP contribution in [0.3, 0.4) is 0 Å². The lowest BCUT2D eigenvalue weighted by molar-refractivity contribution is 1.06. The monoisotopic (exact) mass is 283 g/mol. The highest BCUT2D eigenvalue weighted by Gasteiger charge is 1.98. The van der Waals surface area contributed by atoms with Gasteiger partial charge in [-0.15, -0.1) is 13.2 Å². The molecule has 0 saturated heterocycles. The van der Waals surface area contributed by atoms with E-state index in [0.717, 1.165) is 11.1 Å². The molecule has 0 heterocycles. The Bertz CT molecular complexity index is 470. The fourth-order valence-corrected chi connectivity index (χ4v) is 1.32. The van der Waals surface area contributed by atoms with E-state index >= 15 is 0 Å². The average molecular weight is 283 g/mol. The van der Waals surface area contributed by atoms with E-state index in [0.29, 0.717) is 12.4 Å². The summed E-state index contributed by atoms with van der Waals surface area (Å²) in [6, 6.07) is 10.0. The molecule has 0 aliphatic heterocycles. The molecule has 1 rings (SSSR count). The zero-order chi connectivity index (χ0) is 16.5. The molecule has 0 N–H and O–H groups in total. The van der Waals surface area contributed by atoms with Crippen LogP contribution in [0.5, 0.6) is 0 Å². The van der Waals surface area contributed by atoms with E-state index in [4.69, 9.17) is 0 Å². The van der Waals surface area contributed by atoms with E-state index in [1.165, 1.54) is 0 Å². The van der Waals surface area contributed by atoms with Gasteiger partial charge in [0.2, 0.25) is 0 Å². The number of amidine groups is 1. The molecule has 3 nitrogen and oxygen atoms in total. The van der Waals surface area contributed by atoms with Crippen LogP contribution in [-0.2, 0) is 6.54 Å². The fraction of sp³-hybridized carbons (Fsp3) is 0.167. The molecule has 1 aromatic carbocycles. The zero-order valence-corrected chi connectivity index (χ0v) is 13.1. The van der Waals surface area contributed by atoms with Gasteiger partial charge < -0.3 is 4.99 Å². The fourth-order valence-electron chi connectivity index (χ4n) is 1.32. The third-order valence-electron chi connectivity index (χ3n) is 2.19. The number of hydrogen-bond donors (Lipinski definition) is 0. The van der Waals surface area contributed by atoms with Gasteiger partial charge in [-0.05, 0) is 25.9 Å². The Labute approximate surface area is 128 Å². The molecule has 21 heavy (non-hydrogen) atoms. The van der Waals surface area contributed by atoms with E-state index in [-0.39, 0.29) is 0 Å². The van der Waals surface area contributed by atoms with Gasteiger partial charge in [-0.3, -0.25) is 4.99 Å². The van der Waals surface area contributed by atoms with Gasteiger partial charge in [0.15, 0.2) is 5.84 Å². The van der Waals surface area contributed by atoms with Crippen molar-refractivity contribution < 1.29 is 0 Å². The second-order valence-corrected chi connectivity index (χ2v) is 3.55. The van der Waals surface area contributed by atoms with Gasteiger partial charge in [-0.2, -0.15) is 0 Å². The van der Waals surface area contributed by atoms with Gasteiger partial charge in [0.05, 0.1) is 6.54 Å². The summed E-state index contributed by atoms with van der Waals surface area (Å²) in [5, 5.41) is 0. The Morgan fingerprint density at radius 2 is 1.67 bits per heavy atom. The van der Waals surface area contributed by atoms with Gasteiger partial charge in [0, 0.05) is 12.6 Å². The highest BCUT2D eigenvalue weighted by Crippen LogP contribution is 2.05. The molecule has 0 aromatic heterocycles. The first kappa shape index (κ1) is 20.8. The van der Waals surface area contributed by atoms with Crippen LogP contribution in [0.25, 0.3) is 0 Å². The lowest BCUT2D eigenvalue weighted by Gasteiger charge is -2.01. The van der Waals surface area contributed by atoms with Gasteiger partial charge in [0.1, 0.15) is 0 Å². The Morgan fingerprint density at radius 1 is 1.14 bits per heavy atom. The van der Waals surface area contributed by atoms with Crippen LogP contribution in [0.4, 0.5) is 0 Å². The Kier molecular flexibility index (Phi) is 15.3. The van der Waals surface area contributed by atoms with Gasteiger partial charge in [-0.25, -0.2) is 4.99 Å². The van der Waals surface area contributed by atoms with Crippen LogP contribution < -0.4 is 0 Å². The molecule has 0 amide bonds. The Hall–Kier alpha value is -2.55. The minimum absolute atomic E-state index is 0.611. The maximum atomic E-state index is 4.40. The van der Waals surface area contributed by atoms with E-state index in [1.54, 1.807) is 13.1 Å². The minimum Gasteiger partial charge on any atom is -0.304 e. The number of benzene rings is 1. The molecular formula is C18H25N3. The first-order chi connectivity index (χ1) is 10.2. The molecule has 0 aliphatic carbocycles. The molecule has 112 valence electrons. The summed E-state index contributed by atoms with van der Waals surface area (Å²) in [5.41, 5.74) is 2.06. The standard InChI is InChI=1S/C14H16N2.C2H5N.C2H4/c1-4-13(5-2)14(15-3)16-11-12-9-7-6-8-10-12;1-3-2;1-2/h4-10H,1,3,11H2,2H3;1H2,2H3;1-2H2/b13-5+,16-14?;;. The smallest absolute Gasteiger partial charge is 0.153 e. The lowest BCUT2D eigenvalue weighted by atomic mass is 10.2. The topological polar surface area (TPSA) is 37.1 Å². The number of rotatable bonds is 4. The summed E-state index contributed by atoms with van der Waals surface area (Å²) in [4.78, 5) is 11.6. The summed E-state index contributed by atoms with van der Waals surface area (Å²) in [6.07, 6.45) is 3.66. The number of allylic oxidation sites excluding steroid dienone is 1. The second kappa shape index (κ2) is 15.5. The Balaban J connectivity index is 0. The quantitative estimate of drug-likeness (QED) is 0.337. The highest BCUT2D eigenvalue weighted by atomic mass is 14.9. The average Bonchev–Trinajstić information content (AvgIpc) is 2.55. The van der Waals surface area contributed by atoms with Gasteiger partial charge >= 0.3 is 0 Å². The minimum atomic E-state index is 0.611. The molecule has 0 aliphatic rings. The summed E-state index contributed by atoms with van der Waals surface area (Å²) in [7, 11) is 1.64. The maximum Gasteiger partial charge on any atom is 0.153 e. The molecule has 0 radical (unpaired) electrons. The summed E-state index contributed by atoms with van der Waals surface area (Å²) in [5.74, 6) is 0.640. The lowest BCUT2D eigenvalue weighted by Crippen LogP contribution is -1.97. The number of hydrogen-bond acceptors (Lipinski definition) is 2. The van der Waals surface area contributed by atoms with E-state index in [9.17, 15) is 0 Å². The molecule has 0 unspecified atom stereocenters. The van der Waals surface area contributed by atoms with Crippen molar-refractivity contribution >= 4 is 19.3 Å². The van der Waals surface area contributed by atoms with Crippen molar-refractivity contribution in [2.75, 3.05) is 7.05 Å². The molecule has 0 fully saturated rings. The van der Waals surface area contributed by atoms with E-state index in [1.807, 2.05) is 43.3 Å². The van der Waals surface area contributed by atoms with Crippen molar-refractivity contribution in [3.63, 3.8) is 0 Å². The molecule has 1 aromatic rings. The number of nitrogens with zero attached hydrogens (tertiary/aromatic N) is 3. The van der Waals surface area contributed by atoms with Crippen LogP contribution in [0.2, 0.25) is 0 Å². The van der Waals surface area contributed by atoms with Gasteiger partial charge in [-0.1, -0.05) is 49.1 Å². The summed E-state index contributed by atoms with van der Waals surface area (Å²) in [6.45, 7) is 18.9. The summed E-state index contributed by atoms with van der Waals surface area (Å²) >= 11 is 0. The van der Waals surface area contributed by atoms with Crippen molar-refractivity contribution in [2.45, 2.75) is 13.5 Å². The predicted molar refractivity (Wildman–Crippen MR) is 97.8 cm³/mol. The normalized spacial score (nSPS) is 10.2. The van der Waals surface area contributed by atoms with Crippen molar-refractivity contribution in [3.8, 4) is 0 Å². The third kappa shape index (κ3) is 9.96. The first-order valence-electron chi connectivity index (χ1n) is 6.42. The molecule has 3 heteroatoms. The second-order valence-electron chi connectivity index (χ2n) is 3.55. The largest absolute Gasteiger partial charge is 0.304 e. The first-order valence-corrected chi connectivity index (χ1v) is 6.42. The van der Waals surface area contributed by atoms with E-state index < -0.39 is 0 Å². The Morgan fingerprint density at radius 3 is 2.05 bits per heavy atom. The third-order valence-corrected chi connectivity index (χ3v) is 2.19. The van der Waals surface area contributed by atoms with Gasteiger partial charge in [0.25, 0.3) is 0 Å². The number of aliphatic imine (C=N–C) groups is 3. The molecule has 0 bridgehead atoms. The molecular weight excluding hydrogens is 258 g/mol.